The van der Waals surface area contributed by atoms with E-state index in [4.69, 9.17) is 14.2 Å². The van der Waals surface area contributed by atoms with Crippen LogP contribution in [0.1, 0.15) is 33.2 Å². The number of fused-ring (bicyclic) bond motifs is 1. The molecule has 2 aromatic carbocycles. The number of carbonyl (C=O) groups excluding carboxylic acids is 2. The summed E-state index contributed by atoms with van der Waals surface area (Å²) in [6.07, 6.45) is 0. The van der Waals surface area contributed by atoms with Gasteiger partial charge in [-0.3, -0.25) is 14.9 Å². The van der Waals surface area contributed by atoms with Gasteiger partial charge in [0, 0.05) is 29.8 Å². The van der Waals surface area contributed by atoms with Crippen LogP contribution in [0.3, 0.4) is 0 Å². The van der Waals surface area contributed by atoms with Gasteiger partial charge in [0.25, 0.3) is 11.6 Å². The zero-order chi connectivity index (χ0) is 20.1. The number of nitrogens with one attached hydrogen (secondary N) is 1. The van der Waals surface area contributed by atoms with Crippen LogP contribution in [0, 0.1) is 10.1 Å². The Labute approximate surface area is 160 Å². The molecule has 0 bridgehead atoms. The second-order valence-corrected chi connectivity index (χ2v) is 5.87. The number of nitrogens with zero attached hydrogens (tertiary/aromatic N) is 1. The molecular formula is C19H18N2O7. The van der Waals surface area contributed by atoms with Gasteiger partial charge in [-0.2, -0.15) is 0 Å². The van der Waals surface area contributed by atoms with Crippen LogP contribution in [0.4, 0.5) is 5.69 Å². The lowest BCUT2D eigenvalue weighted by Gasteiger charge is -2.21. The first kappa shape index (κ1) is 19.2. The summed E-state index contributed by atoms with van der Waals surface area (Å²) in [6, 6.07) is 8.78. The van der Waals surface area contributed by atoms with Crippen molar-refractivity contribution in [3.8, 4) is 11.5 Å². The van der Waals surface area contributed by atoms with E-state index in [1.807, 2.05) is 0 Å². The lowest BCUT2D eigenvalue weighted by atomic mass is 10.1. The van der Waals surface area contributed by atoms with Gasteiger partial charge in [-0.15, -0.1) is 0 Å². The molecule has 0 unspecified atom stereocenters. The van der Waals surface area contributed by atoms with E-state index in [0.717, 1.165) is 12.1 Å². The Bertz CT molecular complexity index is 926. The number of nitro groups is 1. The van der Waals surface area contributed by atoms with Crippen LogP contribution in [0.5, 0.6) is 11.5 Å². The zero-order valence-corrected chi connectivity index (χ0v) is 15.1. The van der Waals surface area contributed by atoms with E-state index < -0.39 is 16.8 Å². The van der Waals surface area contributed by atoms with Gasteiger partial charge >= 0.3 is 5.97 Å². The Kier molecular flexibility index (Phi) is 5.73. The molecule has 1 amide bonds. The summed E-state index contributed by atoms with van der Waals surface area (Å²) in [5.74, 6) is -0.148. The second kappa shape index (κ2) is 8.38. The van der Waals surface area contributed by atoms with Crippen LogP contribution in [0.15, 0.2) is 36.4 Å². The number of hydrogen-bond acceptors (Lipinski definition) is 7. The van der Waals surface area contributed by atoms with E-state index in [9.17, 15) is 19.7 Å². The van der Waals surface area contributed by atoms with Crippen LogP contribution < -0.4 is 14.8 Å². The third-order valence-electron chi connectivity index (χ3n) is 3.99. The first-order chi connectivity index (χ1) is 13.5. The van der Waals surface area contributed by atoms with Crippen molar-refractivity contribution in [1.29, 1.82) is 0 Å². The monoisotopic (exact) mass is 386 g/mol. The van der Waals surface area contributed by atoms with Gasteiger partial charge in [0.2, 0.25) is 0 Å². The van der Waals surface area contributed by atoms with Crippen molar-refractivity contribution in [2.45, 2.75) is 13.5 Å². The Hall–Kier alpha value is -3.62. The van der Waals surface area contributed by atoms with Gasteiger partial charge < -0.3 is 19.5 Å². The number of esters is 1. The molecule has 0 aromatic heterocycles. The standard InChI is InChI=1S/C19H18N2O7/c1-2-26-19(23)14-8-13(9-15(10-14)21(24)25)18(22)20-11-12-4-3-5-16-17(12)28-7-6-27-16/h3-5,8-10H,2,6-7,11H2,1H3,(H,20,22). The highest BCUT2D eigenvalue weighted by Gasteiger charge is 2.20. The van der Waals surface area contributed by atoms with E-state index in [2.05, 4.69) is 5.32 Å². The quantitative estimate of drug-likeness (QED) is 0.460. The average Bonchev–Trinajstić information content (AvgIpc) is 2.71. The minimum Gasteiger partial charge on any atom is -0.486 e. The molecule has 1 aliphatic heterocycles. The molecule has 1 heterocycles. The van der Waals surface area contributed by atoms with Gasteiger partial charge in [0.15, 0.2) is 11.5 Å². The molecule has 28 heavy (non-hydrogen) atoms. The largest absolute Gasteiger partial charge is 0.486 e. The molecule has 0 saturated heterocycles. The Morgan fingerprint density at radius 3 is 2.68 bits per heavy atom. The van der Waals surface area contributed by atoms with Crippen LogP contribution in [0.2, 0.25) is 0 Å². The zero-order valence-electron chi connectivity index (χ0n) is 15.1. The minimum absolute atomic E-state index is 0.0146. The smallest absolute Gasteiger partial charge is 0.338 e. The molecule has 0 saturated carbocycles. The third kappa shape index (κ3) is 4.20. The molecule has 3 rings (SSSR count). The van der Waals surface area contributed by atoms with Crippen molar-refractivity contribution >= 4 is 17.6 Å². The summed E-state index contributed by atoms with van der Waals surface area (Å²) >= 11 is 0. The first-order valence-electron chi connectivity index (χ1n) is 8.62. The van der Waals surface area contributed by atoms with Crippen LogP contribution >= 0.6 is 0 Å². The molecule has 0 fully saturated rings. The Morgan fingerprint density at radius 1 is 1.18 bits per heavy atom. The van der Waals surface area contributed by atoms with Crippen LogP contribution in [-0.2, 0) is 11.3 Å². The fourth-order valence-corrected chi connectivity index (χ4v) is 2.73. The van der Waals surface area contributed by atoms with E-state index >= 15 is 0 Å². The lowest BCUT2D eigenvalue weighted by Crippen LogP contribution is -2.25. The summed E-state index contributed by atoms with van der Waals surface area (Å²) in [6.45, 7) is 2.72. The molecule has 1 aliphatic rings. The number of ether oxygens (including phenoxy) is 3. The maximum atomic E-state index is 12.5. The molecule has 9 nitrogen and oxygen atoms in total. The maximum Gasteiger partial charge on any atom is 0.338 e. The Morgan fingerprint density at radius 2 is 1.93 bits per heavy atom. The predicted octanol–water partition coefficient (Wildman–Crippen LogP) is 2.47. The fraction of sp³-hybridized carbons (Fsp3) is 0.263. The number of benzene rings is 2. The average molecular weight is 386 g/mol. The predicted molar refractivity (Wildman–Crippen MR) is 97.7 cm³/mol. The Balaban J connectivity index is 1.80. The second-order valence-electron chi connectivity index (χ2n) is 5.87. The fourth-order valence-electron chi connectivity index (χ4n) is 2.73. The minimum atomic E-state index is -0.733. The van der Waals surface area contributed by atoms with Crippen molar-refractivity contribution in [1.82, 2.24) is 5.32 Å². The number of rotatable bonds is 6. The van der Waals surface area contributed by atoms with Crippen molar-refractivity contribution in [2.24, 2.45) is 0 Å². The molecule has 2 aromatic rings. The molecular weight excluding hydrogens is 368 g/mol. The van der Waals surface area contributed by atoms with Gasteiger partial charge in [0.1, 0.15) is 13.2 Å². The molecule has 0 atom stereocenters. The van der Waals surface area contributed by atoms with E-state index in [0.29, 0.717) is 30.3 Å². The van der Waals surface area contributed by atoms with Crippen molar-refractivity contribution in [2.75, 3.05) is 19.8 Å². The van der Waals surface area contributed by atoms with Crippen molar-refractivity contribution < 1.29 is 28.7 Å². The van der Waals surface area contributed by atoms with E-state index in [1.165, 1.54) is 6.07 Å². The number of carbonyl (C=O) groups is 2. The molecule has 0 aliphatic carbocycles. The molecule has 146 valence electrons. The van der Waals surface area contributed by atoms with E-state index in [-0.39, 0.29) is 30.0 Å². The highest BCUT2D eigenvalue weighted by Crippen LogP contribution is 2.33. The van der Waals surface area contributed by atoms with Crippen molar-refractivity contribution in [3.63, 3.8) is 0 Å². The number of nitro benzene ring substituents is 1. The van der Waals surface area contributed by atoms with Crippen LogP contribution in [0.25, 0.3) is 0 Å². The summed E-state index contributed by atoms with van der Waals surface area (Å²) in [4.78, 5) is 34.9. The number of hydrogen-bond donors (Lipinski definition) is 1. The summed E-state index contributed by atoms with van der Waals surface area (Å²) in [5.41, 5.74) is 0.264. The van der Waals surface area contributed by atoms with Gasteiger partial charge in [0.05, 0.1) is 17.1 Å². The highest BCUT2D eigenvalue weighted by atomic mass is 16.6. The summed E-state index contributed by atoms with van der Waals surface area (Å²) < 4.78 is 16.0. The van der Waals surface area contributed by atoms with Crippen molar-refractivity contribution in [3.05, 3.63) is 63.2 Å². The number of non-ortho nitro benzene ring substituents is 1. The first-order valence-corrected chi connectivity index (χ1v) is 8.62. The third-order valence-corrected chi connectivity index (χ3v) is 3.99. The summed E-state index contributed by atoms with van der Waals surface area (Å²) in [7, 11) is 0. The van der Waals surface area contributed by atoms with E-state index in [1.54, 1.807) is 25.1 Å². The maximum absolute atomic E-state index is 12.5. The van der Waals surface area contributed by atoms with Gasteiger partial charge in [-0.25, -0.2) is 4.79 Å². The lowest BCUT2D eigenvalue weighted by molar-refractivity contribution is -0.384. The highest BCUT2D eigenvalue weighted by molar-refractivity contribution is 5.99. The van der Waals surface area contributed by atoms with Crippen LogP contribution in [-0.4, -0.2) is 36.6 Å². The summed E-state index contributed by atoms with van der Waals surface area (Å²) in [5, 5.41) is 13.8. The SMILES string of the molecule is CCOC(=O)c1cc(C(=O)NCc2cccc3c2OCCO3)cc([N+](=O)[O-])c1. The molecule has 1 N–H and O–H groups in total. The number of amides is 1. The molecule has 0 radical (unpaired) electrons. The molecule has 9 heteroatoms. The number of para-hydroxylation sites is 1. The van der Waals surface area contributed by atoms with Gasteiger partial charge in [-0.1, -0.05) is 12.1 Å². The molecule has 0 spiro atoms. The van der Waals surface area contributed by atoms with Gasteiger partial charge in [-0.05, 0) is 19.1 Å². The normalized spacial score (nSPS) is 12.2. The topological polar surface area (TPSA) is 117 Å².